The molecule has 2 N–H and O–H groups in total. The zero-order valence-electron chi connectivity index (χ0n) is 19.8. The summed E-state index contributed by atoms with van der Waals surface area (Å²) in [5.74, 6) is -0.310. The molecule has 2 saturated carbocycles. The molecule has 0 aromatic carbocycles. The number of likely N-dealkylation sites (tertiary alicyclic amines) is 1. The standard InChI is InChI=1S/C25H28ClN5O4S/c26-15-10-31(19-16(32)11-35-20(15)19)25(34)17(12-4-2-1-3-5-12)18-21(36-24(30-18)22(27)33)14-8-28-23(29-9-14)13-6-7-13/h8-9,12-13,15,17,19-20H,1-7,10-11H2,(H2,27,33)/t15-,17-,19+,20+/m0/s1. The predicted octanol–water partition coefficient (Wildman–Crippen LogP) is 3.03. The van der Waals surface area contributed by atoms with Crippen LogP contribution in [-0.2, 0) is 14.3 Å². The summed E-state index contributed by atoms with van der Waals surface area (Å²) < 4.78 is 5.61. The highest BCUT2D eigenvalue weighted by Crippen LogP contribution is 2.45. The van der Waals surface area contributed by atoms with Crippen LogP contribution in [-0.4, -0.2) is 68.1 Å². The first-order valence-electron chi connectivity index (χ1n) is 12.6. The van der Waals surface area contributed by atoms with E-state index in [2.05, 4.69) is 15.0 Å². The van der Waals surface area contributed by atoms with Crippen LogP contribution in [0.5, 0.6) is 0 Å². The van der Waals surface area contributed by atoms with Gasteiger partial charge in [0.05, 0.1) is 21.9 Å². The number of amides is 2. The molecule has 4 heterocycles. The van der Waals surface area contributed by atoms with Crippen LogP contribution >= 0.6 is 22.9 Å². The number of hydrogen-bond donors (Lipinski definition) is 1. The number of Topliss-reactive ketones (excluding diaryl/α,β-unsaturated/α-hetero) is 1. The van der Waals surface area contributed by atoms with Gasteiger partial charge in [-0.3, -0.25) is 14.4 Å². The van der Waals surface area contributed by atoms with Crippen LogP contribution in [0.15, 0.2) is 12.4 Å². The number of hydrogen-bond acceptors (Lipinski definition) is 8. The van der Waals surface area contributed by atoms with E-state index in [1.807, 2.05) is 0 Å². The van der Waals surface area contributed by atoms with E-state index < -0.39 is 29.3 Å². The fourth-order valence-corrected chi connectivity index (χ4v) is 7.17. The van der Waals surface area contributed by atoms with E-state index in [1.54, 1.807) is 17.3 Å². The number of ether oxygens (including phenoxy) is 1. The number of carbonyl (C=O) groups excluding carboxylic acids is 3. The van der Waals surface area contributed by atoms with E-state index >= 15 is 0 Å². The summed E-state index contributed by atoms with van der Waals surface area (Å²) in [7, 11) is 0. The first-order chi connectivity index (χ1) is 17.4. The number of carbonyl (C=O) groups is 3. The number of alkyl halides is 1. The number of aromatic nitrogens is 3. The van der Waals surface area contributed by atoms with E-state index in [4.69, 9.17) is 22.1 Å². The number of primary amides is 1. The summed E-state index contributed by atoms with van der Waals surface area (Å²) >= 11 is 7.68. The van der Waals surface area contributed by atoms with Crippen LogP contribution in [0, 0.1) is 5.92 Å². The van der Waals surface area contributed by atoms with Crippen LogP contribution < -0.4 is 5.73 Å². The summed E-state index contributed by atoms with van der Waals surface area (Å²) in [6.45, 7) is 0.209. The number of fused-ring (bicyclic) bond motifs is 1. The Morgan fingerprint density at radius 1 is 1.14 bits per heavy atom. The number of halogens is 1. The lowest BCUT2D eigenvalue weighted by atomic mass is 9.77. The number of thiazole rings is 1. The number of nitrogens with two attached hydrogens (primary N) is 1. The fraction of sp³-hybridized carbons (Fsp3) is 0.600. The van der Waals surface area contributed by atoms with Crippen LogP contribution in [0.25, 0.3) is 10.4 Å². The van der Waals surface area contributed by atoms with Crippen molar-refractivity contribution < 1.29 is 19.1 Å². The van der Waals surface area contributed by atoms with Crippen molar-refractivity contribution in [2.45, 2.75) is 74.3 Å². The minimum Gasteiger partial charge on any atom is -0.366 e. The predicted molar refractivity (Wildman–Crippen MR) is 133 cm³/mol. The number of ketones is 1. The molecule has 36 heavy (non-hydrogen) atoms. The van der Waals surface area contributed by atoms with Crippen molar-refractivity contribution in [1.82, 2.24) is 19.9 Å². The molecule has 2 amide bonds. The second-order valence-electron chi connectivity index (χ2n) is 10.3. The molecule has 0 unspecified atom stereocenters. The first-order valence-corrected chi connectivity index (χ1v) is 13.9. The van der Waals surface area contributed by atoms with Gasteiger partial charge in [0.1, 0.15) is 24.6 Å². The highest BCUT2D eigenvalue weighted by molar-refractivity contribution is 7.17. The van der Waals surface area contributed by atoms with Gasteiger partial charge in [0, 0.05) is 30.4 Å². The average Bonchev–Trinajstić information content (AvgIpc) is 3.39. The molecule has 2 saturated heterocycles. The molecule has 0 spiro atoms. The van der Waals surface area contributed by atoms with Crippen molar-refractivity contribution >= 4 is 40.5 Å². The molecule has 4 fully saturated rings. The molecule has 190 valence electrons. The minimum absolute atomic E-state index is 0.0322. The average molecular weight is 530 g/mol. The van der Waals surface area contributed by atoms with Gasteiger partial charge >= 0.3 is 0 Å². The Bertz CT molecular complexity index is 1190. The number of nitrogens with zero attached hydrogens (tertiary/aromatic N) is 4. The molecule has 0 radical (unpaired) electrons. The smallest absolute Gasteiger partial charge is 0.277 e. The van der Waals surface area contributed by atoms with Crippen molar-refractivity contribution in [2.75, 3.05) is 13.2 Å². The van der Waals surface area contributed by atoms with Crippen molar-refractivity contribution in [2.24, 2.45) is 11.7 Å². The van der Waals surface area contributed by atoms with E-state index in [0.29, 0.717) is 22.1 Å². The zero-order chi connectivity index (χ0) is 25.0. The Labute approximate surface area is 217 Å². The van der Waals surface area contributed by atoms with Gasteiger partial charge in [0.2, 0.25) is 5.91 Å². The third-order valence-electron chi connectivity index (χ3n) is 7.83. The summed E-state index contributed by atoms with van der Waals surface area (Å²) in [5, 5.41) is -0.300. The lowest BCUT2D eigenvalue weighted by Gasteiger charge is -2.33. The molecule has 2 aliphatic carbocycles. The molecule has 9 nitrogen and oxygen atoms in total. The second kappa shape index (κ2) is 9.46. The Balaban J connectivity index is 1.42. The maximum atomic E-state index is 14.3. The quantitative estimate of drug-likeness (QED) is 0.569. The Morgan fingerprint density at radius 2 is 1.86 bits per heavy atom. The van der Waals surface area contributed by atoms with E-state index in [0.717, 1.165) is 50.8 Å². The minimum atomic E-state index is -0.676. The van der Waals surface area contributed by atoms with Gasteiger partial charge in [-0.2, -0.15) is 0 Å². The first kappa shape index (κ1) is 23.9. The van der Waals surface area contributed by atoms with Crippen LogP contribution in [0.3, 0.4) is 0 Å². The molecule has 6 rings (SSSR count). The molecular weight excluding hydrogens is 502 g/mol. The van der Waals surface area contributed by atoms with Crippen LogP contribution in [0.1, 0.15) is 78.1 Å². The number of rotatable bonds is 6. The highest BCUT2D eigenvalue weighted by atomic mass is 35.5. The maximum Gasteiger partial charge on any atom is 0.277 e. The summed E-state index contributed by atoms with van der Waals surface area (Å²) in [4.78, 5) is 55.1. The molecule has 0 bridgehead atoms. The van der Waals surface area contributed by atoms with Gasteiger partial charge in [-0.1, -0.05) is 19.3 Å². The van der Waals surface area contributed by atoms with Gasteiger partial charge in [-0.25, -0.2) is 15.0 Å². The van der Waals surface area contributed by atoms with Gasteiger partial charge in [0.25, 0.3) is 5.91 Å². The summed E-state index contributed by atoms with van der Waals surface area (Å²) in [5.41, 5.74) is 6.87. The third-order valence-corrected chi connectivity index (χ3v) is 9.35. The summed E-state index contributed by atoms with van der Waals surface area (Å²) in [6.07, 6.45) is 10.1. The van der Waals surface area contributed by atoms with E-state index in [-0.39, 0.29) is 35.8 Å². The maximum absolute atomic E-state index is 14.3. The highest BCUT2D eigenvalue weighted by Gasteiger charge is 2.53. The molecule has 2 aromatic heterocycles. The van der Waals surface area contributed by atoms with Gasteiger partial charge in [0.15, 0.2) is 10.8 Å². The Kier molecular flexibility index (Phi) is 6.29. The Morgan fingerprint density at radius 3 is 2.53 bits per heavy atom. The van der Waals surface area contributed by atoms with Crippen LogP contribution in [0.2, 0.25) is 0 Å². The van der Waals surface area contributed by atoms with E-state index in [1.165, 1.54) is 11.3 Å². The third kappa shape index (κ3) is 4.22. The lowest BCUT2D eigenvalue weighted by Crippen LogP contribution is -2.45. The fourth-order valence-electron chi connectivity index (χ4n) is 5.87. The molecular formula is C25H28ClN5O4S. The van der Waals surface area contributed by atoms with Gasteiger partial charge in [-0.15, -0.1) is 22.9 Å². The van der Waals surface area contributed by atoms with Crippen molar-refractivity contribution in [3.63, 3.8) is 0 Å². The Hall–Kier alpha value is -2.43. The zero-order valence-corrected chi connectivity index (χ0v) is 21.3. The molecule has 4 aliphatic rings. The van der Waals surface area contributed by atoms with Crippen molar-refractivity contribution in [3.05, 3.63) is 28.9 Å². The van der Waals surface area contributed by atoms with Crippen molar-refractivity contribution in [1.29, 1.82) is 0 Å². The van der Waals surface area contributed by atoms with Crippen molar-refractivity contribution in [3.8, 4) is 10.4 Å². The largest absolute Gasteiger partial charge is 0.366 e. The van der Waals surface area contributed by atoms with Crippen LogP contribution in [0.4, 0.5) is 0 Å². The monoisotopic (exact) mass is 529 g/mol. The van der Waals surface area contributed by atoms with Gasteiger partial charge < -0.3 is 15.4 Å². The second-order valence-corrected chi connectivity index (χ2v) is 11.8. The SMILES string of the molecule is NC(=O)c1nc([C@@H](C(=O)N2C[C@H](Cl)[C@H]3OCC(=O)[C@H]32)C2CCCCC2)c(-c2cnc(C3CC3)nc2)s1. The topological polar surface area (TPSA) is 128 Å². The normalized spacial score (nSPS) is 27.3. The van der Waals surface area contributed by atoms with Gasteiger partial charge in [-0.05, 0) is 31.6 Å². The molecule has 11 heteroatoms. The molecule has 2 aromatic rings. The lowest BCUT2D eigenvalue weighted by molar-refractivity contribution is -0.139. The molecule has 4 atom stereocenters. The van der Waals surface area contributed by atoms with E-state index in [9.17, 15) is 14.4 Å². The molecule has 2 aliphatic heterocycles. The summed E-state index contributed by atoms with van der Waals surface area (Å²) in [6, 6.07) is -0.676.